The van der Waals surface area contributed by atoms with Crippen LogP contribution in [0.2, 0.25) is 5.02 Å². The molecule has 12 heteroatoms. The molecule has 0 bridgehead atoms. The third-order valence-electron chi connectivity index (χ3n) is 5.60. The summed E-state index contributed by atoms with van der Waals surface area (Å²) in [5, 5.41) is 3.43. The third-order valence-corrected chi connectivity index (χ3v) is 8.53. The Morgan fingerprint density at radius 2 is 1.97 bits per heavy atom. The second kappa shape index (κ2) is 7.77. The molecule has 0 radical (unpaired) electrons. The molecule has 32 heavy (non-hydrogen) atoms. The molecule has 1 aliphatic heterocycles. The summed E-state index contributed by atoms with van der Waals surface area (Å²) in [6, 6.07) is 5.55. The third kappa shape index (κ3) is 3.64. The Hall–Kier alpha value is -2.60. The number of halogens is 3. The van der Waals surface area contributed by atoms with Gasteiger partial charge in [0.15, 0.2) is 5.82 Å². The van der Waals surface area contributed by atoms with Gasteiger partial charge in [0.1, 0.15) is 40.5 Å². The molecule has 2 aromatic heterocycles. The first-order valence-corrected chi connectivity index (χ1v) is 11.6. The summed E-state index contributed by atoms with van der Waals surface area (Å²) in [5.74, 6) is -1.07. The van der Waals surface area contributed by atoms with E-state index in [9.17, 15) is 17.9 Å². The molecule has 1 aliphatic rings. The van der Waals surface area contributed by atoms with Crippen LogP contribution in [-0.4, -0.2) is 47.1 Å². The van der Waals surface area contributed by atoms with E-state index < -0.39 is 39.1 Å². The highest BCUT2D eigenvalue weighted by Crippen LogP contribution is 2.59. The molecule has 3 heterocycles. The fraction of sp³-hybridized carbons (Fsp3) is 0.300. The molecule has 0 spiro atoms. The van der Waals surface area contributed by atoms with Crippen LogP contribution in [0.15, 0.2) is 41.8 Å². The van der Waals surface area contributed by atoms with Crippen molar-refractivity contribution in [1.29, 1.82) is 0 Å². The van der Waals surface area contributed by atoms with Crippen molar-refractivity contribution in [3.05, 3.63) is 53.2 Å². The number of anilines is 2. The van der Waals surface area contributed by atoms with E-state index in [1.807, 2.05) is 0 Å². The average Bonchev–Trinajstić information content (AvgIpc) is 2.73. The molecule has 3 aromatic rings. The van der Waals surface area contributed by atoms with Gasteiger partial charge in [0.05, 0.1) is 16.3 Å². The van der Waals surface area contributed by atoms with Crippen LogP contribution in [0.25, 0.3) is 11.0 Å². The summed E-state index contributed by atoms with van der Waals surface area (Å²) in [4.78, 5) is 16.7. The minimum absolute atomic E-state index is 0.151. The molecule has 1 aromatic carbocycles. The van der Waals surface area contributed by atoms with Crippen molar-refractivity contribution in [2.24, 2.45) is 10.7 Å². The first-order valence-electron chi connectivity index (χ1n) is 9.50. The summed E-state index contributed by atoms with van der Waals surface area (Å²) < 4.78 is 49.3. The molecular formula is C20H21ClF2N6O2S. The Morgan fingerprint density at radius 1 is 1.22 bits per heavy atom. The van der Waals surface area contributed by atoms with E-state index in [1.54, 1.807) is 6.07 Å². The molecule has 5 N–H and O–H groups in total. The minimum Gasteiger partial charge on any atom is -0.386 e. The molecular weight excluding hydrogens is 462 g/mol. The molecule has 8 nitrogen and oxygen atoms in total. The predicted octanol–water partition coefficient (Wildman–Crippen LogP) is 4.63. The summed E-state index contributed by atoms with van der Waals surface area (Å²) in [6.07, 6.45) is 2.76. The SMILES string of the molecule is CC1(C)C(N)=N[C@](CF)(c2cc(Nc3ncnc4cc(Cl)cnc34)ccc2F)CS1(O)O. The maximum Gasteiger partial charge on any atom is 0.160 e. The van der Waals surface area contributed by atoms with E-state index in [4.69, 9.17) is 17.3 Å². The van der Waals surface area contributed by atoms with Crippen LogP contribution in [0, 0.1) is 5.82 Å². The molecule has 0 saturated carbocycles. The summed E-state index contributed by atoms with van der Waals surface area (Å²) in [7, 11) is -3.43. The van der Waals surface area contributed by atoms with Crippen LogP contribution in [0.1, 0.15) is 19.4 Å². The molecule has 0 aliphatic carbocycles. The van der Waals surface area contributed by atoms with Gasteiger partial charge in [-0.05, 0) is 38.1 Å². The highest BCUT2D eigenvalue weighted by molar-refractivity contribution is 8.26. The first-order chi connectivity index (χ1) is 15.0. The number of hydrogen-bond donors (Lipinski definition) is 4. The maximum atomic E-state index is 14.9. The van der Waals surface area contributed by atoms with Gasteiger partial charge in [-0.3, -0.25) is 14.1 Å². The van der Waals surface area contributed by atoms with Crippen molar-refractivity contribution in [2.75, 3.05) is 17.7 Å². The highest BCUT2D eigenvalue weighted by Gasteiger charge is 2.51. The molecule has 0 fully saturated rings. The second-order valence-corrected chi connectivity index (χ2v) is 11.1. The molecule has 4 rings (SSSR count). The van der Waals surface area contributed by atoms with Crippen LogP contribution in [0.3, 0.4) is 0 Å². The van der Waals surface area contributed by atoms with Crippen LogP contribution < -0.4 is 11.1 Å². The quantitative estimate of drug-likeness (QED) is 0.426. The number of rotatable bonds is 4. The van der Waals surface area contributed by atoms with E-state index >= 15 is 0 Å². The molecule has 1 atom stereocenters. The van der Waals surface area contributed by atoms with Gasteiger partial charge >= 0.3 is 0 Å². The van der Waals surface area contributed by atoms with Gasteiger partial charge in [0.25, 0.3) is 0 Å². The van der Waals surface area contributed by atoms with Gasteiger partial charge in [-0.2, -0.15) is 10.6 Å². The molecule has 170 valence electrons. The van der Waals surface area contributed by atoms with Gasteiger partial charge in [0.2, 0.25) is 0 Å². The number of fused-ring (bicyclic) bond motifs is 1. The van der Waals surface area contributed by atoms with Crippen LogP contribution >= 0.6 is 22.2 Å². The van der Waals surface area contributed by atoms with E-state index in [0.29, 0.717) is 27.6 Å². The van der Waals surface area contributed by atoms with Crippen molar-refractivity contribution in [1.82, 2.24) is 15.0 Å². The van der Waals surface area contributed by atoms with E-state index in [1.165, 1.54) is 38.5 Å². The largest absolute Gasteiger partial charge is 0.386 e. The Bertz CT molecular complexity index is 1240. The van der Waals surface area contributed by atoms with E-state index in [0.717, 1.165) is 6.07 Å². The number of benzene rings is 1. The summed E-state index contributed by atoms with van der Waals surface area (Å²) in [6.45, 7) is 1.85. The van der Waals surface area contributed by atoms with Gasteiger partial charge in [0, 0.05) is 17.4 Å². The maximum absolute atomic E-state index is 14.9. The Morgan fingerprint density at radius 3 is 2.66 bits per heavy atom. The Labute approximate surface area is 189 Å². The number of amidine groups is 1. The van der Waals surface area contributed by atoms with Crippen molar-refractivity contribution in [3.8, 4) is 0 Å². The Balaban J connectivity index is 1.79. The fourth-order valence-electron chi connectivity index (χ4n) is 3.46. The van der Waals surface area contributed by atoms with E-state index in [-0.39, 0.29) is 11.4 Å². The number of hydrogen-bond acceptors (Lipinski definition) is 8. The smallest absolute Gasteiger partial charge is 0.160 e. The van der Waals surface area contributed by atoms with Gasteiger partial charge in [-0.25, -0.2) is 23.7 Å². The number of aliphatic imine (C=N–C) groups is 1. The zero-order chi connectivity index (χ0) is 23.3. The lowest BCUT2D eigenvalue weighted by atomic mass is 9.92. The second-order valence-electron chi connectivity index (χ2n) is 8.05. The lowest BCUT2D eigenvalue weighted by molar-refractivity contribution is 0.312. The van der Waals surface area contributed by atoms with Crippen molar-refractivity contribution in [3.63, 3.8) is 0 Å². The molecule has 0 saturated heterocycles. The highest BCUT2D eigenvalue weighted by atomic mass is 35.5. The normalized spacial score (nSPS) is 22.9. The zero-order valence-electron chi connectivity index (χ0n) is 17.2. The van der Waals surface area contributed by atoms with Crippen molar-refractivity contribution < 1.29 is 17.9 Å². The van der Waals surface area contributed by atoms with Crippen LogP contribution in [0.5, 0.6) is 0 Å². The minimum atomic E-state index is -3.43. The van der Waals surface area contributed by atoms with Gasteiger partial charge in [-0.15, -0.1) is 0 Å². The van der Waals surface area contributed by atoms with Gasteiger partial charge in [-0.1, -0.05) is 11.6 Å². The van der Waals surface area contributed by atoms with Crippen molar-refractivity contribution in [2.45, 2.75) is 24.1 Å². The molecule has 0 unspecified atom stereocenters. The lowest BCUT2D eigenvalue weighted by Gasteiger charge is -2.53. The predicted molar refractivity (Wildman–Crippen MR) is 123 cm³/mol. The number of nitrogens with two attached hydrogens (primary N) is 1. The van der Waals surface area contributed by atoms with Gasteiger partial charge < -0.3 is 11.1 Å². The molecule has 0 amide bonds. The topological polar surface area (TPSA) is 130 Å². The monoisotopic (exact) mass is 482 g/mol. The summed E-state index contributed by atoms with van der Waals surface area (Å²) >= 11 is 5.96. The average molecular weight is 483 g/mol. The number of pyridine rings is 1. The fourth-order valence-corrected chi connectivity index (χ4v) is 5.32. The standard InChI is InChI=1S/C20H21ClF2N6O2S/c1-19(2)18(24)29-20(8-22,9-32(19,30)31)13-6-12(3-4-14(13)23)28-17-16-15(26-10-27-17)5-11(21)7-25-16/h3-7,10,30-31H,8-9H2,1-2H3,(H2,24,29)(H,26,27,28)/t20-/m0/s1. The van der Waals surface area contributed by atoms with Crippen LogP contribution in [-0.2, 0) is 5.54 Å². The number of aromatic nitrogens is 3. The van der Waals surface area contributed by atoms with E-state index in [2.05, 4.69) is 25.3 Å². The number of nitrogens with zero attached hydrogens (tertiary/aromatic N) is 4. The Kier molecular flexibility index (Phi) is 5.48. The summed E-state index contributed by atoms with van der Waals surface area (Å²) in [5.41, 5.74) is 5.23. The first kappa shape index (κ1) is 22.6. The van der Waals surface area contributed by atoms with Crippen molar-refractivity contribution >= 4 is 50.6 Å². The lowest BCUT2D eigenvalue weighted by Crippen LogP contribution is -2.53. The zero-order valence-corrected chi connectivity index (χ0v) is 18.8. The number of nitrogens with one attached hydrogen (secondary N) is 1. The number of alkyl halides is 1. The van der Waals surface area contributed by atoms with Crippen LogP contribution in [0.4, 0.5) is 20.3 Å².